The third-order valence-electron chi connectivity index (χ3n) is 6.68. The Balaban J connectivity index is 1.90. The van der Waals surface area contributed by atoms with E-state index in [1.54, 1.807) is 12.1 Å². The van der Waals surface area contributed by atoms with Crippen LogP contribution in [0.5, 0.6) is 0 Å². The predicted octanol–water partition coefficient (Wildman–Crippen LogP) is 5.74. The van der Waals surface area contributed by atoms with E-state index in [1.807, 2.05) is 31.7 Å². The van der Waals surface area contributed by atoms with Gasteiger partial charge in [0.2, 0.25) is 5.69 Å². The van der Waals surface area contributed by atoms with E-state index in [9.17, 15) is 13.2 Å². The summed E-state index contributed by atoms with van der Waals surface area (Å²) in [5, 5.41) is 3.77. The molecule has 29 heavy (non-hydrogen) atoms. The van der Waals surface area contributed by atoms with Crippen LogP contribution < -0.4 is 9.75 Å². The van der Waals surface area contributed by atoms with E-state index >= 15 is 0 Å². The van der Waals surface area contributed by atoms with Crippen LogP contribution in [0.4, 0.5) is 13.2 Å². The molecule has 2 heterocycles. The lowest BCUT2D eigenvalue weighted by Crippen LogP contribution is -2.50. The normalized spacial score (nSPS) is 16.1. The lowest BCUT2D eigenvalue weighted by Gasteiger charge is -2.36. The zero-order valence-electron chi connectivity index (χ0n) is 17.5. The minimum atomic E-state index is -4.21. The largest absolute Gasteiger partial charge is 0.393 e. The Hall–Kier alpha value is -2.14. The van der Waals surface area contributed by atoms with Gasteiger partial charge in [0.25, 0.3) is 0 Å². The summed E-state index contributed by atoms with van der Waals surface area (Å²) in [4.78, 5) is 0. The summed E-state index contributed by atoms with van der Waals surface area (Å²) >= 11 is 0. The number of benzene rings is 2. The second-order valence-corrected chi connectivity index (χ2v) is 13.6. The molecule has 5 heteroatoms. The Morgan fingerprint density at radius 2 is 1.76 bits per heavy atom. The first kappa shape index (κ1) is 20.1. The maximum Gasteiger partial charge on any atom is 0.393 e. The van der Waals surface area contributed by atoms with Crippen molar-refractivity contribution in [3.05, 3.63) is 59.3 Å². The van der Waals surface area contributed by atoms with E-state index in [2.05, 4.69) is 30.8 Å². The maximum absolute atomic E-state index is 13.0. The average Bonchev–Trinajstić information content (AvgIpc) is 2.61. The van der Waals surface area contributed by atoms with Crippen molar-refractivity contribution < 1.29 is 17.7 Å². The summed E-state index contributed by atoms with van der Waals surface area (Å²) in [5.41, 5.74) is 4.11. The molecule has 152 valence electrons. The van der Waals surface area contributed by atoms with Gasteiger partial charge < -0.3 is 0 Å². The van der Waals surface area contributed by atoms with Crippen molar-refractivity contribution in [2.24, 2.45) is 7.05 Å². The third kappa shape index (κ3) is 3.72. The zero-order chi connectivity index (χ0) is 21.0. The van der Waals surface area contributed by atoms with Gasteiger partial charge in [-0.3, -0.25) is 0 Å². The fourth-order valence-electron chi connectivity index (χ4n) is 4.59. The van der Waals surface area contributed by atoms with Crippen LogP contribution in [0.2, 0.25) is 18.6 Å². The topological polar surface area (TPSA) is 3.88 Å². The van der Waals surface area contributed by atoms with Gasteiger partial charge in [0.05, 0.1) is 25.4 Å². The first-order valence-electron chi connectivity index (χ1n) is 10.2. The highest BCUT2D eigenvalue weighted by Gasteiger charge is 2.36. The smallest absolute Gasteiger partial charge is 0.200 e. The number of rotatable bonds is 3. The van der Waals surface area contributed by atoms with Crippen LogP contribution in [0.15, 0.2) is 42.6 Å². The van der Waals surface area contributed by atoms with Gasteiger partial charge in [-0.15, -0.1) is 0 Å². The quantitative estimate of drug-likeness (QED) is 0.380. The summed E-state index contributed by atoms with van der Waals surface area (Å²) < 4.78 is 41.1. The predicted molar refractivity (Wildman–Crippen MR) is 115 cm³/mol. The molecule has 0 amide bonds. The van der Waals surface area contributed by atoms with Crippen molar-refractivity contribution in [2.75, 3.05) is 0 Å². The lowest BCUT2D eigenvalue weighted by atomic mass is 9.93. The number of halogens is 3. The standard InChI is InChI=1S/C24H27F3NSi/c1-16-12-18(15-24(25,26)27)13-22(17(16)2)23-21-7-6-20(29(4)10-5-11-29)14-19(21)8-9-28(23)3/h6-9,12-14H,5,10-11,15H2,1-4H3/q+1. The molecular weight excluding hydrogens is 387 g/mol. The van der Waals surface area contributed by atoms with Gasteiger partial charge in [-0.2, -0.15) is 13.2 Å². The summed E-state index contributed by atoms with van der Waals surface area (Å²) in [7, 11) is 0.680. The van der Waals surface area contributed by atoms with E-state index in [0.29, 0.717) is 5.56 Å². The van der Waals surface area contributed by atoms with Gasteiger partial charge >= 0.3 is 6.18 Å². The number of fused-ring (bicyclic) bond motifs is 1. The van der Waals surface area contributed by atoms with Crippen LogP contribution in [0.3, 0.4) is 0 Å². The molecule has 0 bridgehead atoms. The summed E-state index contributed by atoms with van der Waals surface area (Å²) in [6.45, 7) is 6.35. The molecule has 0 spiro atoms. The minimum absolute atomic E-state index is 0.318. The van der Waals surface area contributed by atoms with Gasteiger partial charge in [0.1, 0.15) is 7.05 Å². The van der Waals surface area contributed by atoms with Crippen molar-refractivity contribution in [3.63, 3.8) is 0 Å². The molecule has 1 aromatic heterocycles. The number of aryl methyl sites for hydroxylation is 2. The SMILES string of the molecule is Cc1cc(CC(F)(F)F)cc(-c2c3ccc([Si]4(C)CCC4)cc3cc[n+]2C)c1C. The molecule has 0 unspecified atom stereocenters. The van der Waals surface area contributed by atoms with Gasteiger partial charge in [-0.05, 0) is 48.1 Å². The molecule has 0 atom stereocenters. The summed E-state index contributed by atoms with van der Waals surface area (Å²) in [6.07, 6.45) is -1.75. The Morgan fingerprint density at radius 3 is 2.38 bits per heavy atom. The van der Waals surface area contributed by atoms with Crippen molar-refractivity contribution in [1.82, 2.24) is 0 Å². The number of aromatic nitrogens is 1. The van der Waals surface area contributed by atoms with Crippen LogP contribution in [-0.4, -0.2) is 14.3 Å². The van der Waals surface area contributed by atoms with E-state index in [-0.39, 0.29) is 0 Å². The molecule has 3 aromatic rings. The van der Waals surface area contributed by atoms with Crippen molar-refractivity contribution in [1.29, 1.82) is 0 Å². The van der Waals surface area contributed by atoms with Gasteiger partial charge in [-0.25, -0.2) is 4.57 Å². The monoisotopic (exact) mass is 414 g/mol. The van der Waals surface area contributed by atoms with Gasteiger partial charge in [-0.1, -0.05) is 48.4 Å². The average molecular weight is 415 g/mol. The molecular formula is C24H27F3NSi+. The third-order valence-corrected chi connectivity index (χ3v) is 11.3. The van der Waals surface area contributed by atoms with E-state index in [1.165, 1.54) is 29.1 Å². The molecule has 0 saturated carbocycles. The second kappa shape index (κ2) is 6.98. The van der Waals surface area contributed by atoms with Gasteiger partial charge in [0.15, 0.2) is 6.20 Å². The van der Waals surface area contributed by atoms with E-state index in [0.717, 1.165) is 27.8 Å². The molecule has 1 saturated heterocycles. The Bertz CT molecular complexity index is 1100. The molecule has 1 nitrogen and oxygen atoms in total. The van der Waals surface area contributed by atoms with Crippen LogP contribution >= 0.6 is 0 Å². The summed E-state index contributed by atoms with van der Waals surface area (Å²) in [6, 6.07) is 15.0. The molecule has 0 N–H and O–H groups in total. The van der Waals surface area contributed by atoms with Crippen LogP contribution in [0.25, 0.3) is 22.0 Å². The first-order chi connectivity index (χ1) is 13.6. The number of pyridine rings is 1. The van der Waals surface area contributed by atoms with E-state index in [4.69, 9.17) is 0 Å². The molecule has 0 aliphatic carbocycles. The molecule has 0 radical (unpaired) electrons. The molecule has 1 aliphatic heterocycles. The van der Waals surface area contributed by atoms with Crippen LogP contribution in [0, 0.1) is 13.8 Å². The number of hydrogen-bond acceptors (Lipinski definition) is 0. The fourth-order valence-corrected chi connectivity index (χ4v) is 7.57. The highest BCUT2D eigenvalue weighted by atomic mass is 28.3. The zero-order valence-corrected chi connectivity index (χ0v) is 18.5. The van der Waals surface area contributed by atoms with Crippen molar-refractivity contribution in [2.45, 2.75) is 51.5 Å². The minimum Gasteiger partial charge on any atom is -0.200 e. The Labute approximate surface area is 171 Å². The first-order valence-corrected chi connectivity index (χ1v) is 13.1. The number of hydrogen-bond donors (Lipinski definition) is 0. The van der Waals surface area contributed by atoms with Crippen molar-refractivity contribution in [3.8, 4) is 11.3 Å². The summed E-state index contributed by atoms with van der Waals surface area (Å²) in [5.74, 6) is 0. The number of alkyl halides is 3. The Morgan fingerprint density at radius 1 is 1.03 bits per heavy atom. The van der Waals surface area contributed by atoms with Crippen LogP contribution in [-0.2, 0) is 13.5 Å². The molecule has 1 fully saturated rings. The highest BCUT2D eigenvalue weighted by Crippen LogP contribution is 2.35. The maximum atomic E-state index is 13.0. The second-order valence-electron chi connectivity index (χ2n) is 8.87. The number of nitrogens with zero attached hydrogens (tertiary/aromatic N) is 1. The Kier molecular flexibility index (Phi) is 4.85. The molecule has 1 aliphatic rings. The van der Waals surface area contributed by atoms with Gasteiger partial charge in [0, 0.05) is 6.07 Å². The fraction of sp³-hybridized carbons (Fsp3) is 0.375. The van der Waals surface area contributed by atoms with Crippen LogP contribution in [0.1, 0.15) is 23.1 Å². The molecule has 4 rings (SSSR count). The highest BCUT2D eigenvalue weighted by molar-refractivity contribution is 6.93. The van der Waals surface area contributed by atoms with Crippen molar-refractivity contribution >= 4 is 24.0 Å². The molecule has 2 aromatic carbocycles. The van der Waals surface area contributed by atoms with E-state index < -0.39 is 20.7 Å². The lowest BCUT2D eigenvalue weighted by molar-refractivity contribution is -0.659.